The van der Waals surface area contributed by atoms with E-state index in [0.717, 1.165) is 5.56 Å². The van der Waals surface area contributed by atoms with Crippen LogP contribution >= 0.6 is 23.2 Å². The van der Waals surface area contributed by atoms with Crippen molar-refractivity contribution in [1.29, 1.82) is 0 Å². The summed E-state index contributed by atoms with van der Waals surface area (Å²) >= 11 is 11.9. The van der Waals surface area contributed by atoms with E-state index in [1.54, 1.807) is 6.07 Å². The minimum Gasteiger partial charge on any atom is -0.395 e. The summed E-state index contributed by atoms with van der Waals surface area (Å²) in [6.07, 6.45) is 0. The molecule has 2 unspecified atom stereocenters. The van der Waals surface area contributed by atoms with E-state index in [2.05, 4.69) is 19.2 Å². The first-order valence-corrected chi connectivity index (χ1v) is 6.53. The van der Waals surface area contributed by atoms with Crippen molar-refractivity contribution in [3.05, 3.63) is 33.8 Å². The number of aliphatic hydroxyl groups is 1. The molecule has 0 radical (unpaired) electrons. The van der Waals surface area contributed by atoms with Gasteiger partial charge in [-0.15, -0.1) is 0 Å². The molecule has 1 aromatic carbocycles. The Kier molecular flexibility index (Phi) is 5.74. The Hall–Kier alpha value is -0.280. The van der Waals surface area contributed by atoms with Crippen molar-refractivity contribution < 1.29 is 5.11 Å². The number of aliphatic hydroxyl groups excluding tert-OH is 1. The molecule has 0 aliphatic rings. The van der Waals surface area contributed by atoms with E-state index in [9.17, 15) is 5.11 Å². The minimum absolute atomic E-state index is 0.0828. The Morgan fingerprint density at radius 2 is 1.82 bits per heavy atom. The van der Waals surface area contributed by atoms with Gasteiger partial charge in [0.15, 0.2) is 0 Å². The highest BCUT2D eigenvalue weighted by molar-refractivity contribution is 6.42. The molecule has 2 atom stereocenters. The Labute approximate surface area is 113 Å². The van der Waals surface area contributed by atoms with Crippen molar-refractivity contribution in [3.8, 4) is 0 Å². The van der Waals surface area contributed by atoms with Gasteiger partial charge in [-0.2, -0.15) is 0 Å². The van der Waals surface area contributed by atoms with Crippen molar-refractivity contribution in [2.45, 2.75) is 32.9 Å². The third kappa shape index (κ3) is 4.14. The zero-order valence-corrected chi connectivity index (χ0v) is 11.9. The van der Waals surface area contributed by atoms with Gasteiger partial charge in [-0.05, 0) is 30.5 Å². The lowest BCUT2D eigenvalue weighted by Crippen LogP contribution is -2.38. The average molecular weight is 276 g/mol. The number of hydrogen-bond donors (Lipinski definition) is 2. The normalized spacial score (nSPS) is 15.0. The predicted octanol–water partition coefficient (Wildman–Crippen LogP) is 3.66. The molecule has 0 amide bonds. The molecule has 0 heterocycles. The van der Waals surface area contributed by atoms with Crippen LogP contribution in [0, 0.1) is 5.92 Å². The number of rotatable bonds is 5. The summed E-state index contributed by atoms with van der Waals surface area (Å²) < 4.78 is 0. The summed E-state index contributed by atoms with van der Waals surface area (Å²) in [5.74, 6) is 0.380. The summed E-state index contributed by atoms with van der Waals surface area (Å²) in [4.78, 5) is 0. The van der Waals surface area contributed by atoms with Crippen LogP contribution in [0.1, 0.15) is 32.4 Å². The van der Waals surface area contributed by atoms with E-state index in [1.165, 1.54) is 0 Å². The van der Waals surface area contributed by atoms with Gasteiger partial charge in [0.2, 0.25) is 0 Å². The molecular weight excluding hydrogens is 257 g/mol. The van der Waals surface area contributed by atoms with E-state index in [4.69, 9.17) is 23.2 Å². The topological polar surface area (TPSA) is 32.3 Å². The van der Waals surface area contributed by atoms with Crippen LogP contribution < -0.4 is 5.32 Å². The first-order valence-electron chi connectivity index (χ1n) is 5.77. The second-order valence-corrected chi connectivity index (χ2v) is 5.41. The Bertz CT molecular complexity index is 368. The molecule has 1 rings (SSSR count). The van der Waals surface area contributed by atoms with Crippen LogP contribution in [0.4, 0.5) is 0 Å². The highest BCUT2D eigenvalue weighted by Gasteiger charge is 2.16. The smallest absolute Gasteiger partial charge is 0.0595 e. The van der Waals surface area contributed by atoms with Crippen LogP contribution in [0.15, 0.2) is 18.2 Å². The molecule has 2 nitrogen and oxygen atoms in total. The Morgan fingerprint density at radius 3 is 2.29 bits per heavy atom. The molecule has 0 aliphatic carbocycles. The zero-order chi connectivity index (χ0) is 13.0. The fourth-order valence-electron chi connectivity index (χ4n) is 1.66. The summed E-state index contributed by atoms with van der Waals surface area (Å²) in [5.41, 5.74) is 1.07. The standard InChI is InChI=1S/C13H19Cl2NO/c1-8(2)13(7-17)16-9(3)10-4-5-11(14)12(15)6-10/h4-6,8-9,13,16-17H,7H2,1-3H3. The van der Waals surface area contributed by atoms with E-state index >= 15 is 0 Å². The van der Waals surface area contributed by atoms with Crippen LogP contribution in [0.2, 0.25) is 10.0 Å². The van der Waals surface area contributed by atoms with Crippen LogP contribution in [0.5, 0.6) is 0 Å². The molecule has 17 heavy (non-hydrogen) atoms. The van der Waals surface area contributed by atoms with Gasteiger partial charge in [-0.1, -0.05) is 43.1 Å². The van der Waals surface area contributed by atoms with Crippen LogP contribution in [-0.2, 0) is 0 Å². The van der Waals surface area contributed by atoms with Crippen LogP contribution in [0.3, 0.4) is 0 Å². The predicted molar refractivity (Wildman–Crippen MR) is 73.7 cm³/mol. The maximum atomic E-state index is 9.28. The lowest BCUT2D eigenvalue weighted by molar-refractivity contribution is 0.201. The number of nitrogens with one attached hydrogen (secondary N) is 1. The molecule has 0 saturated heterocycles. The molecule has 0 spiro atoms. The first-order chi connectivity index (χ1) is 7.95. The molecule has 96 valence electrons. The van der Waals surface area contributed by atoms with Crippen molar-refractivity contribution >= 4 is 23.2 Å². The number of hydrogen-bond acceptors (Lipinski definition) is 2. The molecule has 0 saturated carbocycles. The van der Waals surface area contributed by atoms with Crippen LogP contribution in [0.25, 0.3) is 0 Å². The van der Waals surface area contributed by atoms with Crippen molar-refractivity contribution in [1.82, 2.24) is 5.32 Å². The van der Waals surface area contributed by atoms with Gasteiger partial charge in [0.1, 0.15) is 0 Å². The van der Waals surface area contributed by atoms with Gasteiger partial charge in [0.05, 0.1) is 16.7 Å². The molecular formula is C13H19Cl2NO. The van der Waals surface area contributed by atoms with Gasteiger partial charge in [0.25, 0.3) is 0 Å². The van der Waals surface area contributed by atoms with Crippen molar-refractivity contribution in [2.75, 3.05) is 6.61 Å². The molecule has 0 fully saturated rings. The van der Waals surface area contributed by atoms with Gasteiger partial charge < -0.3 is 10.4 Å². The van der Waals surface area contributed by atoms with E-state index in [1.807, 2.05) is 19.1 Å². The summed E-state index contributed by atoms with van der Waals surface area (Å²) in [6.45, 7) is 6.33. The van der Waals surface area contributed by atoms with Gasteiger partial charge in [-0.25, -0.2) is 0 Å². The highest BCUT2D eigenvalue weighted by Crippen LogP contribution is 2.26. The van der Waals surface area contributed by atoms with E-state index < -0.39 is 0 Å². The minimum atomic E-state index is 0.0828. The highest BCUT2D eigenvalue weighted by atomic mass is 35.5. The third-order valence-electron chi connectivity index (χ3n) is 2.91. The van der Waals surface area contributed by atoms with Crippen LogP contribution in [-0.4, -0.2) is 17.8 Å². The molecule has 1 aromatic rings. The SMILES string of the molecule is CC(NC(CO)C(C)C)c1ccc(Cl)c(Cl)c1. The van der Waals surface area contributed by atoms with E-state index in [0.29, 0.717) is 16.0 Å². The van der Waals surface area contributed by atoms with E-state index in [-0.39, 0.29) is 18.7 Å². The van der Waals surface area contributed by atoms with Crippen molar-refractivity contribution in [2.24, 2.45) is 5.92 Å². The molecule has 0 aromatic heterocycles. The maximum Gasteiger partial charge on any atom is 0.0595 e. The van der Waals surface area contributed by atoms with Gasteiger partial charge >= 0.3 is 0 Å². The summed E-state index contributed by atoms with van der Waals surface area (Å²) in [6, 6.07) is 5.81. The largest absolute Gasteiger partial charge is 0.395 e. The summed E-state index contributed by atoms with van der Waals surface area (Å²) in [7, 11) is 0. The Balaban J connectivity index is 2.75. The average Bonchev–Trinajstić information content (AvgIpc) is 2.28. The fourth-order valence-corrected chi connectivity index (χ4v) is 1.96. The lowest BCUT2D eigenvalue weighted by atomic mass is 10.0. The molecule has 0 bridgehead atoms. The van der Waals surface area contributed by atoms with Crippen molar-refractivity contribution in [3.63, 3.8) is 0 Å². The second kappa shape index (κ2) is 6.60. The number of halogens is 2. The van der Waals surface area contributed by atoms with Gasteiger partial charge in [-0.3, -0.25) is 0 Å². The summed E-state index contributed by atoms with van der Waals surface area (Å²) in [5, 5.41) is 13.8. The molecule has 0 aliphatic heterocycles. The molecule has 2 N–H and O–H groups in total. The number of benzene rings is 1. The Morgan fingerprint density at radius 1 is 1.18 bits per heavy atom. The quantitative estimate of drug-likeness (QED) is 0.860. The third-order valence-corrected chi connectivity index (χ3v) is 3.65. The first kappa shape index (κ1) is 14.8. The lowest BCUT2D eigenvalue weighted by Gasteiger charge is -2.25. The fraction of sp³-hybridized carbons (Fsp3) is 0.538. The molecule has 4 heteroatoms. The van der Waals surface area contributed by atoms with Gasteiger partial charge in [0, 0.05) is 12.1 Å². The zero-order valence-electron chi connectivity index (χ0n) is 10.4. The second-order valence-electron chi connectivity index (χ2n) is 4.59. The monoisotopic (exact) mass is 275 g/mol. The maximum absolute atomic E-state index is 9.28.